The summed E-state index contributed by atoms with van der Waals surface area (Å²) in [5.74, 6) is 1.65. The minimum absolute atomic E-state index is 0.724. The summed E-state index contributed by atoms with van der Waals surface area (Å²) in [4.78, 5) is 2.69. The maximum atomic E-state index is 4.42. The number of hydrogen-bond donors (Lipinski definition) is 1. The van der Waals surface area contributed by atoms with Crippen molar-refractivity contribution in [3.05, 3.63) is 18.0 Å². The molecule has 1 N–H and O–H groups in total. The number of nitrogens with one attached hydrogen (secondary N) is 1. The van der Waals surface area contributed by atoms with E-state index in [1.54, 1.807) is 0 Å². The molecule has 2 aliphatic rings. The van der Waals surface area contributed by atoms with Crippen LogP contribution in [0.3, 0.4) is 0 Å². The fourth-order valence-corrected chi connectivity index (χ4v) is 3.79. The lowest BCUT2D eigenvalue weighted by atomic mass is 9.91. The zero-order chi connectivity index (χ0) is 13.8. The number of nitrogens with zero attached hydrogens (tertiary/aromatic N) is 3. The fourth-order valence-electron chi connectivity index (χ4n) is 3.79. The lowest BCUT2D eigenvalue weighted by Crippen LogP contribution is -2.40. The first-order valence-corrected chi connectivity index (χ1v) is 8.31. The van der Waals surface area contributed by atoms with Gasteiger partial charge in [0.25, 0.3) is 0 Å². The summed E-state index contributed by atoms with van der Waals surface area (Å²) in [6.07, 6.45) is 7.29. The summed E-state index contributed by atoms with van der Waals surface area (Å²) in [5.41, 5.74) is 1.45. The Balaban J connectivity index is 1.49. The Morgan fingerprint density at radius 3 is 2.65 bits per heavy atom. The fraction of sp³-hybridized carbons (Fsp3) is 0.812. The molecule has 1 aromatic heterocycles. The van der Waals surface area contributed by atoms with Crippen LogP contribution in [0.1, 0.15) is 44.2 Å². The van der Waals surface area contributed by atoms with E-state index in [0.29, 0.717) is 0 Å². The Hall–Kier alpha value is -0.870. The molecule has 0 saturated carbocycles. The summed E-state index contributed by atoms with van der Waals surface area (Å²) < 4.78 is 2.17. The van der Waals surface area contributed by atoms with Crippen LogP contribution in [-0.4, -0.2) is 47.4 Å². The van der Waals surface area contributed by atoms with Crippen molar-refractivity contribution in [2.75, 3.05) is 32.7 Å². The van der Waals surface area contributed by atoms with Crippen molar-refractivity contribution in [2.45, 2.75) is 45.1 Å². The zero-order valence-electron chi connectivity index (χ0n) is 12.7. The van der Waals surface area contributed by atoms with Crippen LogP contribution >= 0.6 is 0 Å². The van der Waals surface area contributed by atoms with Gasteiger partial charge in [-0.25, -0.2) is 0 Å². The maximum absolute atomic E-state index is 4.42. The normalized spacial score (nSPS) is 23.2. The lowest BCUT2D eigenvalue weighted by molar-refractivity contribution is 0.165. The number of rotatable bonds is 4. The van der Waals surface area contributed by atoms with E-state index in [1.165, 1.54) is 64.1 Å². The highest BCUT2D eigenvalue weighted by Gasteiger charge is 2.25. The van der Waals surface area contributed by atoms with Crippen molar-refractivity contribution in [2.24, 2.45) is 5.92 Å². The summed E-state index contributed by atoms with van der Waals surface area (Å²) in [7, 11) is 0. The highest BCUT2D eigenvalue weighted by Crippen LogP contribution is 2.28. The molecule has 0 spiro atoms. The molecule has 0 aliphatic carbocycles. The third kappa shape index (κ3) is 3.23. The molecule has 4 heteroatoms. The monoisotopic (exact) mass is 276 g/mol. The van der Waals surface area contributed by atoms with Gasteiger partial charge in [-0.2, -0.15) is 5.10 Å². The van der Waals surface area contributed by atoms with Crippen LogP contribution in [0.2, 0.25) is 0 Å². The first-order chi connectivity index (χ1) is 9.86. The summed E-state index contributed by atoms with van der Waals surface area (Å²) >= 11 is 0. The Labute approximate surface area is 122 Å². The molecule has 0 atom stereocenters. The lowest BCUT2D eigenvalue weighted by Gasteiger charge is -2.35. The minimum atomic E-state index is 0.724. The quantitative estimate of drug-likeness (QED) is 0.914. The van der Waals surface area contributed by atoms with Crippen LogP contribution in [0, 0.1) is 5.92 Å². The van der Waals surface area contributed by atoms with Gasteiger partial charge in [-0.05, 0) is 70.8 Å². The van der Waals surface area contributed by atoms with Crippen molar-refractivity contribution in [1.29, 1.82) is 0 Å². The maximum Gasteiger partial charge on any atom is 0.0492 e. The molecule has 0 unspecified atom stereocenters. The van der Waals surface area contributed by atoms with E-state index >= 15 is 0 Å². The van der Waals surface area contributed by atoms with Crippen LogP contribution in [0.4, 0.5) is 0 Å². The molecular formula is C16H28N4. The van der Waals surface area contributed by atoms with Gasteiger partial charge < -0.3 is 10.2 Å². The van der Waals surface area contributed by atoms with Crippen molar-refractivity contribution in [3.8, 4) is 0 Å². The predicted octanol–water partition coefficient (Wildman–Crippen LogP) is 2.08. The highest BCUT2D eigenvalue weighted by atomic mass is 15.3. The molecule has 0 amide bonds. The van der Waals surface area contributed by atoms with Crippen LogP contribution in [0.15, 0.2) is 12.3 Å². The standard InChI is InChI=1S/C16H28N4/c1-2-20-16(5-10-18-20)15-6-11-19(12-7-15)13-14-3-8-17-9-4-14/h5,10,14-15,17H,2-4,6-9,11-13H2,1H3. The molecular weight excluding hydrogens is 248 g/mol. The Morgan fingerprint density at radius 2 is 1.95 bits per heavy atom. The van der Waals surface area contributed by atoms with Crippen molar-refractivity contribution in [3.63, 3.8) is 0 Å². The SMILES string of the molecule is CCn1nccc1C1CCN(CC2CCNCC2)CC1. The van der Waals surface area contributed by atoms with Crippen molar-refractivity contribution < 1.29 is 0 Å². The first-order valence-electron chi connectivity index (χ1n) is 8.31. The van der Waals surface area contributed by atoms with E-state index in [4.69, 9.17) is 0 Å². The second-order valence-corrected chi connectivity index (χ2v) is 6.34. The summed E-state index contributed by atoms with van der Waals surface area (Å²) in [5, 5.41) is 7.88. The van der Waals surface area contributed by atoms with E-state index in [1.807, 2.05) is 6.20 Å². The zero-order valence-corrected chi connectivity index (χ0v) is 12.7. The molecule has 1 aromatic rings. The molecule has 0 aromatic carbocycles. The smallest absolute Gasteiger partial charge is 0.0492 e. The molecule has 20 heavy (non-hydrogen) atoms. The highest BCUT2D eigenvalue weighted by molar-refractivity contribution is 5.09. The molecule has 2 fully saturated rings. The van der Waals surface area contributed by atoms with Gasteiger partial charge in [0.2, 0.25) is 0 Å². The van der Waals surface area contributed by atoms with E-state index in [-0.39, 0.29) is 0 Å². The number of piperidine rings is 2. The minimum Gasteiger partial charge on any atom is -0.317 e. The van der Waals surface area contributed by atoms with Gasteiger partial charge in [-0.15, -0.1) is 0 Å². The number of likely N-dealkylation sites (tertiary alicyclic amines) is 1. The molecule has 0 bridgehead atoms. The molecule has 3 heterocycles. The molecule has 2 saturated heterocycles. The average Bonchev–Trinajstić information content (AvgIpc) is 2.98. The molecule has 2 aliphatic heterocycles. The van der Waals surface area contributed by atoms with Gasteiger partial charge >= 0.3 is 0 Å². The van der Waals surface area contributed by atoms with Crippen molar-refractivity contribution in [1.82, 2.24) is 20.0 Å². The molecule has 0 radical (unpaired) electrons. The van der Waals surface area contributed by atoms with Gasteiger partial charge in [0, 0.05) is 30.9 Å². The van der Waals surface area contributed by atoms with Gasteiger partial charge in [0.1, 0.15) is 0 Å². The number of aromatic nitrogens is 2. The predicted molar refractivity (Wildman–Crippen MR) is 81.9 cm³/mol. The second-order valence-electron chi connectivity index (χ2n) is 6.34. The van der Waals surface area contributed by atoms with Gasteiger partial charge in [-0.1, -0.05) is 0 Å². The summed E-state index contributed by atoms with van der Waals surface area (Å²) in [6, 6.07) is 2.22. The largest absolute Gasteiger partial charge is 0.317 e. The van der Waals surface area contributed by atoms with Crippen LogP contribution in [0.25, 0.3) is 0 Å². The van der Waals surface area contributed by atoms with Crippen molar-refractivity contribution >= 4 is 0 Å². The molecule has 4 nitrogen and oxygen atoms in total. The van der Waals surface area contributed by atoms with Crippen LogP contribution in [-0.2, 0) is 6.54 Å². The van der Waals surface area contributed by atoms with Crippen LogP contribution in [0.5, 0.6) is 0 Å². The van der Waals surface area contributed by atoms with E-state index in [2.05, 4.69) is 33.0 Å². The van der Waals surface area contributed by atoms with Gasteiger partial charge in [0.15, 0.2) is 0 Å². The average molecular weight is 276 g/mol. The Morgan fingerprint density at radius 1 is 1.20 bits per heavy atom. The Bertz CT molecular complexity index is 400. The summed E-state index contributed by atoms with van der Waals surface area (Å²) in [6.45, 7) is 9.47. The van der Waals surface area contributed by atoms with E-state index in [9.17, 15) is 0 Å². The third-order valence-electron chi connectivity index (χ3n) is 5.03. The van der Waals surface area contributed by atoms with Gasteiger partial charge in [0.05, 0.1) is 0 Å². The first kappa shape index (κ1) is 14.1. The topological polar surface area (TPSA) is 33.1 Å². The van der Waals surface area contributed by atoms with Gasteiger partial charge in [-0.3, -0.25) is 4.68 Å². The third-order valence-corrected chi connectivity index (χ3v) is 5.03. The number of aryl methyl sites for hydroxylation is 1. The molecule has 3 rings (SSSR count). The Kier molecular flexibility index (Phi) is 4.73. The number of hydrogen-bond acceptors (Lipinski definition) is 3. The second kappa shape index (κ2) is 6.72. The molecule has 112 valence electrons. The van der Waals surface area contributed by atoms with E-state index in [0.717, 1.165) is 18.4 Å². The van der Waals surface area contributed by atoms with Crippen LogP contribution < -0.4 is 5.32 Å². The van der Waals surface area contributed by atoms with E-state index < -0.39 is 0 Å².